The Morgan fingerprint density at radius 3 is 2.92 bits per heavy atom. The predicted molar refractivity (Wildman–Crippen MR) is 53.9 cm³/mol. The van der Waals surface area contributed by atoms with Gasteiger partial charge in [-0.3, -0.25) is 4.98 Å². The molecule has 0 saturated carbocycles. The van der Waals surface area contributed by atoms with Crippen molar-refractivity contribution < 1.29 is 5.11 Å². The lowest BCUT2D eigenvalue weighted by atomic mass is 10.1. The highest BCUT2D eigenvalue weighted by Gasteiger charge is 2.04. The molecule has 0 unspecified atom stereocenters. The number of halogens is 1. The fourth-order valence-electron chi connectivity index (χ4n) is 1.18. The first-order valence-corrected chi connectivity index (χ1v) is 5.00. The Balaban J connectivity index is 2.32. The Bertz CT molecular complexity index is 228. The van der Waals surface area contributed by atoms with Crippen molar-refractivity contribution in [3.8, 4) is 0 Å². The largest absolute Gasteiger partial charge is 0.393 e. The van der Waals surface area contributed by atoms with Crippen molar-refractivity contribution in [3.63, 3.8) is 0 Å². The van der Waals surface area contributed by atoms with Crippen LogP contribution in [-0.2, 0) is 6.42 Å². The van der Waals surface area contributed by atoms with E-state index in [1.54, 1.807) is 6.20 Å². The first-order valence-electron chi connectivity index (χ1n) is 4.47. The molecule has 0 fully saturated rings. The molecule has 1 heterocycles. The molecular weight excluding hydrogens is 186 g/mol. The molecule has 0 radical (unpaired) electrons. The normalized spacial score (nSPS) is 12.8. The van der Waals surface area contributed by atoms with Crippen molar-refractivity contribution in [2.24, 2.45) is 0 Å². The van der Waals surface area contributed by atoms with Crippen molar-refractivity contribution in [2.75, 3.05) is 5.88 Å². The van der Waals surface area contributed by atoms with Gasteiger partial charge in [-0.15, -0.1) is 11.6 Å². The molecule has 0 aromatic carbocycles. The van der Waals surface area contributed by atoms with Gasteiger partial charge in [-0.25, -0.2) is 0 Å². The topological polar surface area (TPSA) is 33.1 Å². The van der Waals surface area contributed by atoms with Crippen molar-refractivity contribution in [2.45, 2.75) is 25.4 Å². The minimum atomic E-state index is -0.311. The fourth-order valence-corrected chi connectivity index (χ4v) is 1.33. The highest BCUT2D eigenvalue weighted by molar-refractivity contribution is 6.17. The standard InChI is InChI=1S/C10H14ClNO/c11-6-3-5-10(13)8-9-4-1-2-7-12-9/h1-2,4,7,10,13H,3,5-6,8H2/t10-/m0/s1. The van der Waals surface area contributed by atoms with Crippen LogP contribution < -0.4 is 0 Å². The molecule has 1 atom stereocenters. The van der Waals surface area contributed by atoms with Gasteiger partial charge in [0.2, 0.25) is 0 Å². The van der Waals surface area contributed by atoms with Crippen molar-refractivity contribution in [3.05, 3.63) is 30.1 Å². The average molecular weight is 200 g/mol. The molecule has 1 aromatic rings. The molecule has 0 spiro atoms. The number of nitrogens with zero attached hydrogens (tertiary/aromatic N) is 1. The molecule has 72 valence electrons. The van der Waals surface area contributed by atoms with Gasteiger partial charge < -0.3 is 5.11 Å². The summed E-state index contributed by atoms with van der Waals surface area (Å²) >= 11 is 5.52. The molecule has 13 heavy (non-hydrogen) atoms. The average Bonchev–Trinajstić information content (AvgIpc) is 2.16. The lowest BCUT2D eigenvalue weighted by molar-refractivity contribution is 0.163. The molecule has 2 nitrogen and oxygen atoms in total. The number of aromatic nitrogens is 1. The smallest absolute Gasteiger partial charge is 0.0596 e. The van der Waals surface area contributed by atoms with Crippen LogP contribution in [0.3, 0.4) is 0 Å². The zero-order chi connectivity index (χ0) is 9.52. The third-order valence-electron chi connectivity index (χ3n) is 1.84. The highest BCUT2D eigenvalue weighted by atomic mass is 35.5. The van der Waals surface area contributed by atoms with Crippen molar-refractivity contribution in [1.82, 2.24) is 4.98 Å². The van der Waals surface area contributed by atoms with Gasteiger partial charge in [0, 0.05) is 24.2 Å². The molecule has 0 bridgehead atoms. The van der Waals surface area contributed by atoms with Gasteiger partial charge >= 0.3 is 0 Å². The fraction of sp³-hybridized carbons (Fsp3) is 0.500. The number of aliphatic hydroxyl groups is 1. The SMILES string of the molecule is O[C@@H](CCCCl)Cc1ccccn1. The van der Waals surface area contributed by atoms with Crippen LogP contribution in [0.1, 0.15) is 18.5 Å². The molecular formula is C10H14ClNO. The molecule has 3 heteroatoms. The van der Waals surface area contributed by atoms with Crippen LogP contribution in [0, 0.1) is 0 Å². The summed E-state index contributed by atoms with van der Waals surface area (Å²) in [5, 5.41) is 9.54. The van der Waals surface area contributed by atoms with Crippen LogP contribution >= 0.6 is 11.6 Å². The van der Waals surface area contributed by atoms with E-state index in [0.29, 0.717) is 12.3 Å². The Hall–Kier alpha value is -0.600. The van der Waals surface area contributed by atoms with E-state index in [1.165, 1.54) is 0 Å². The zero-order valence-electron chi connectivity index (χ0n) is 7.49. The number of aliphatic hydroxyl groups excluding tert-OH is 1. The van der Waals surface area contributed by atoms with E-state index in [2.05, 4.69) is 4.98 Å². The number of hydrogen-bond donors (Lipinski definition) is 1. The van der Waals surface area contributed by atoms with E-state index in [1.807, 2.05) is 18.2 Å². The Labute approximate surface area is 83.6 Å². The molecule has 0 amide bonds. The van der Waals surface area contributed by atoms with Gasteiger partial charge in [0.15, 0.2) is 0 Å². The third kappa shape index (κ3) is 4.25. The minimum Gasteiger partial charge on any atom is -0.393 e. The van der Waals surface area contributed by atoms with Gasteiger partial charge in [-0.1, -0.05) is 6.07 Å². The maximum Gasteiger partial charge on any atom is 0.0596 e. The number of alkyl halides is 1. The minimum absolute atomic E-state index is 0.311. The van der Waals surface area contributed by atoms with Gasteiger partial charge in [0.1, 0.15) is 0 Å². The molecule has 0 aliphatic heterocycles. The van der Waals surface area contributed by atoms with E-state index in [4.69, 9.17) is 11.6 Å². The molecule has 0 saturated heterocycles. The maximum absolute atomic E-state index is 9.54. The van der Waals surface area contributed by atoms with Crippen LogP contribution in [0.15, 0.2) is 24.4 Å². The van der Waals surface area contributed by atoms with Crippen LogP contribution in [-0.4, -0.2) is 22.1 Å². The van der Waals surface area contributed by atoms with E-state index in [9.17, 15) is 5.11 Å². The van der Waals surface area contributed by atoms with Crippen LogP contribution in [0.5, 0.6) is 0 Å². The van der Waals surface area contributed by atoms with Crippen LogP contribution in [0.2, 0.25) is 0 Å². The zero-order valence-corrected chi connectivity index (χ0v) is 8.24. The molecule has 1 rings (SSSR count). The molecule has 1 aromatic heterocycles. The van der Waals surface area contributed by atoms with E-state index in [-0.39, 0.29) is 6.10 Å². The summed E-state index contributed by atoms with van der Waals surface area (Å²) in [6.45, 7) is 0. The summed E-state index contributed by atoms with van der Waals surface area (Å²) in [4.78, 5) is 4.13. The van der Waals surface area contributed by atoms with E-state index < -0.39 is 0 Å². The second kappa shape index (κ2) is 5.95. The Morgan fingerprint density at radius 1 is 1.46 bits per heavy atom. The van der Waals surface area contributed by atoms with Gasteiger partial charge in [-0.05, 0) is 25.0 Å². The van der Waals surface area contributed by atoms with E-state index in [0.717, 1.165) is 18.5 Å². The summed E-state index contributed by atoms with van der Waals surface area (Å²) in [7, 11) is 0. The van der Waals surface area contributed by atoms with Crippen LogP contribution in [0.25, 0.3) is 0 Å². The quantitative estimate of drug-likeness (QED) is 0.736. The summed E-state index contributed by atoms with van der Waals surface area (Å²) < 4.78 is 0. The monoisotopic (exact) mass is 199 g/mol. The van der Waals surface area contributed by atoms with Crippen molar-refractivity contribution in [1.29, 1.82) is 0 Å². The molecule has 0 aliphatic rings. The molecule has 1 N–H and O–H groups in total. The lowest BCUT2D eigenvalue weighted by Crippen LogP contribution is -2.11. The maximum atomic E-state index is 9.54. The third-order valence-corrected chi connectivity index (χ3v) is 2.11. The number of hydrogen-bond acceptors (Lipinski definition) is 2. The highest BCUT2D eigenvalue weighted by Crippen LogP contribution is 2.05. The predicted octanol–water partition coefficient (Wildman–Crippen LogP) is 2.00. The number of pyridine rings is 1. The second-order valence-corrected chi connectivity index (χ2v) is 3.39. The first kappa shape index (κ1) is 10.5. The molecule has 0 aliphatic carbocycles. The lowest BCUT2D eigenvalue weighted by Gasteiger charge is -2.08. The Morgan fingerprint density at radius 2 is 2.31 bits per heavy atom. The summed E-state index contributed by atoms with van der Waals surface area (Å²) in [6.07, 6.45) is 3.66. The van der Waals surface area contributed by atoms with Gasteiger partial charge in [0.25, 0.3) is 0 Å². The Kier molecular flexibility index (Phi) is 4.79. The van der Waals surface area contributed by atoms with E-state index >= 15 is 0 Å². The number of rotatable bonds is 5. The summed E-state index contributed by atoms with van der Waals surface area (Å²) in [5.41, 5.74) is 0.935. The van der Waals surface area contributed by atoms with Gasteiger partial charge in [-0.2, -0.15) is 0 Å². The van der Waals surface area contributed by atoms with Crippen LogP contribution in [0.4, 0.5) is 0 Å². The summed E-state index contributed by atoms with van der Waals surface area (Å²) in [6, 6.07) is 5.72. The van der Waals surface area contributed by atoms with Crippen molar-refractivity contribution >= 4 is 11.6 Å². The second-order valence-electron chi connectivity index (χ2n) is 3.01. The van der Waals surface area contributed by atoms with Gasteiger partial charge in [0.05, 0.1) is 6.10 Å². The summed E-state index contributed by atoms with van der Waals surface area (Å²) in [5.74, 6) is 0.610. The first-order chi connectivity index (χ1) is 6.33.